The quantitative estimate of drug-likeness (QED) is 0.677. The Balaban J connectivity index is 2.08. The van der Waals surface area contributed by atoms with Crippen LogP contribution in [-0.2, 0) is 4.74 Å². The molecule has 1 aliphatic rings. The van der Waals surface area contributed by atoms with Gasteiger partial charge in [-0.1, -0.05) is 0 Å². The van der Waals surface area contributed by atoms with E-state index in [0.717, 1.165) is 12.8 Å². The van der Waals surface area contributed by atoms with Gasteiger partial charge in [0, 0.05) is 0 Å². The lowest BCUT2D eigenvalue weighted by molar-refractivity contribution is 0.0411. The summed E-state index contributed by atoms with van der Waals surface area (Å²) in [6.45, 7) is 3.95. The molecule has 1 aliphatic heterocycles. The van der Waals surface area contributed by atoms with Crippen LogP contribution in [0, 0.1) is 0 Å². The van der Waals surface area contributed by atoms with Crippen LogP contribution in [0.1, 0.15) is 39.5 Å². The second-order valence-electron chi connectivity index (χ2n) is 3.57. The van der Waals surface area contributed by atoms with Crippen LogP contribution in [0.3, 0.4) is 0 Å². The van der Waals surface area contributed by atoms with Gasteiger partial charge in [0.05, 0.1) is 18.3 Å². The van der Waals surface area contributed by atoms with E-state index in [9.17, 15) is 0 Å². The van der Waals surface area contributed by atoms with Crippen molar-refractivity contribution in [3.63, 3.8) is 0 Å². The second-order valence-corrected chi connectivity index (χ2v) is 3.57. The molecule has 0 spiro atoms. The number of rotatable bonds is 3. The molecular formula is C9H18O2. The van der Waals surface area contributed by atoms with Gasteiger partial charge < -0.3 is 9.84 Å². The van der Waals surface area contributed by atoms with Crippen molar-refractivity contribution >= 4 is 0 Å². The van der Waals surface area contributed by atoms with Gasteiger partial charge in [0.25, 0.3) is 0 Å². The summed E-state index contributed by atoms with van der Waals surface area (Å²) in [4.78, 5) is 0. The Morgan fingerprint density at radius 1 is 1.55 bits per heavy atom. The van der Waals surface area contributed by atoms with Gasteiger partial charge >= 0.3 is 0 Å². The molecule has 0 radical (unpaired) electrons. The molecule has 3 atom stereocenters. The Morgan fingerprint density at radius 2 is 2.27 bits per heavy atom. The molecule has 1 fully saturated rings. The molecule has 0 aromatic carbocycles. The number of hydrogen-bond acceptors (Lipinski definition) is 2. The van der Waals surface area contributed by atoms with Crippen molar-refractivity contribution in [1.82, 2.24) is 0 Å². The highest BCUT2D eigenvalue weighted by Crippen LogP contribution is 2.22. The van der Waals surface area contributed by atoms with Crippen LogP contribution in [-0.4, -0.2) is 23.4 Å². The molecule has 0 bridgehead atoms. The van der Waals surface area contributed by atoms with Gasteiger partial charge in [-0.05, 0) is 39.5 Å². The SMILES string of the molecule is C[C@@H]1CC[C@@H](CC[C@@H](C)O)O1. The Hall–Kier alpha value is -0.0800. The Kier molecular flexibility index (Phi) is 3.34. The van der Waals surface area contributed by atoms with E-state index in [1.54, 1.807) is 0 Å². The fourth-order valence-electron chi connectivity index (χ4n) is 1.52. The summed E-state index contributed by atoms with van der Waals surface area (Å²) >= 11 is 0. The van der Waals surface area contributed by atoms with Crippen molar-refractivity contribution < 1.29 is 9.84 Å². The predicted octanol–water partition coefficient (Wildman–Crippen LogP) is 1.71. The topological polar surface area (TPSA) is 29.5 Å². The molecule has 0 aliphatic carbocycles. The van der Waals surface area contributed by atoms with Crippen LogP contribution in [0.25, 0.3) is 0 Å². The minimum absolute atomic E-state index is 0.172. The molecule has 2 nitrogen and oxygen atoms in total. The van der Waals surface area contributed by atoms with Crippen LogP contribution in [0.5, 0.6) is 0 Å². The number of ether oxygens (including phenoxy) is 1. The van der Waals surface area contributed by atoms with Crippen molar-refractivity contribution in [2.24, 2.45) is 0 Å². The lowest BCUT2D eigenvalue weighted by atomic mass is 10.1. The maximum absolute atomic E-state index is 9.02. The Bertz CT molecular complexity index is 112. The summed E-state index contributed by atoms with van der Waals surface area (Å²) < 4.78 is 5.60. The largest absolute Gasteiger partial charge is 0.393 e. The summed E-state index contributed by atoms with van der Waals surface area (Å²) in [7, 11) is 0. The first-order chi connectivity index (χ1) is 5.18. The molecule has 0 unspecified atom stereocenters. The zero-order valence-corrected chi connectivity index (χ0v) is 7.42. The molecule has 0 aromatic heterocycles. The van der Waals surface area contributed by atoms with Gasteiger partial charge in [0.15, 0.2) is 0 Å². The average Bonchev–Trinajstić information content (AvgIpc) is 2.31. The minimum atomic E-state index is -0.172. The van der Waals surface area contributed by atoms with Crippen molar-refractivity contribution in [1.29, 1.82) is 0 Å². The van der Waals surface area contributed by atoms with Crippen LogP contribution in [0.15, 0.2) is 0 Å². The van der Waals surface area contributed by atoms with E-state index in [-0.39, 0.29) is 6.10 Å². The molecule has 2 heteroatoms. The lowest BCUT2D eigenvalue weighted by Crippen LogP contribution is -2.11. The van der Waals surface area contributed by atoms with E-state index in [2.05, 4.69) is 6.92 Å². The van der Waals surface area contributed by atoms with Crippen LogP contribution < -0.4 is 0 Å². The van der Waals surface area contributed by atoms with Crippen molar-refractivity contribution in [2.45, 2.75) is 57.8 Å². The molecule has 1 heterocycles. The molecule has 0 amide bonds. The second kappa shape index (κ2) is 4.07. The van der Waals surface area contributed by atoms with Crippen LogP contribution in [0.2, 0.25) is 0 Å². The van der Waals surface area contributed by atoms with Crippen molar-refractivity contribution in [3.05, 3.63) is 0 Å². The third-order valence-corrected chi connectivity index (χ3v) is 2.23. The van der Waals surface area contributed by atoms with E-state index in [1.165, 1.54) is 12.8 Å². The number of aliphatic hydroxyl groups is 1. The van der Waals surface area contributed by atoms with Gasteiger partial charge in [-0.25, -0.2) is 0 Å². The molecule has 0 saturated carbocycles. The third-order valence-electron chi connectivity index (χ3n) is 2.23. The van der Waals surface area contributed by atoms with Gasteiger partial charge in [-0.3, -0.25) is 0 Å². The molecule has 1 N–H and O–H groups in total. The van der Waals surface area contributed by atoms with E-state index >= 15 is 0 Å². The zero-order valence-electron chi connectivity index (χ0n) is 7.42. The maximum Gasteiger partial charge on any atom is 0.0580 e. The van der Waals surface area contributed by atoms with Crippen molar-refractivity contribution in [3.8, 4) is 0 Å². The van der Waals surface area contributed by atoms with Crippen molar-refractivity contribution in [2.75, 3.05) is 0 Å². The number of aliphatic hydroxyl groups excluding tert-OH is 1. The Morgan fingerprint density at radius 3 is 2.73 bits per heavy atom. The van der Waals surface area contributed by atoms with Gasteiger partial charge in [-0.2, -0.15) is 0 Å². The fourth-order valence-corrected chi connectivity index (χ4v) is 1.52. The fraction of sp³-hybridized carbons (Fsp3) is 1.00. The highest BCUT2D eigenvalue weighted by molar-refractivity contribution is 4.70. The third kappa shape index (κ3) is 3.21. The predicted molar refractivity (Wildman–Crippen MR) is 44.5 cm³/mol. The summed E-state index contributed by atoms with van der Waals surface area (Å²) in [5.74, 6) is 0. The molecule has 1 rings (SSSR count). The monoisotopic (exact) mass is 158 g/mol. The first-order valence-corrected chi connectivity index (χ1v) is 4.52. The van der Waals surface area contributed by atoms with Gasteiger partial charge in [-0.15, -0.1) is 0 Å². The standard InChI is InChI=1S/C9H18O2/c1-7(10)3-5-9-6-4-8(2)11-9/h7-10H,3-6H2,1-2H3/t7-,8-,9-/m1/s1. The first-order valence-electron chi connectivity index (χ1n) is 4.52. The average molecular weight is 158 g/mol. The van der Waals surface area contributed by atoms with E-state index in [4.69, 9.17) is 9.84 Å². The number of hydrogen-bond donors (Lipinski definition) is 1. The lowest BCUT2D eigenvalue weighted by Gasteiger charge is -2.11. The van der Waals surface area contributed by atoms with Gasteiger partial charge in [0.1, 0.15) is 0 Å². The summed E-state index contributed by atoms with van der Waals surface area (Å²) in [6, 6.07) is 0. The molecule has 66 valence electrons. The summed E-state index contributed by atoms with van der Waals surface area (Å²) in [5.41, 5.74) is 0. The van der Waals surface area contributed by atoms with Gasteiger partial charge in [0.2, 0.25) is 0 Å². The molecule has 1 saturated heterocycles. The highest BCUT2D eigenvalue weighted by atomic mass is 16.5. The first kappa shape index (κ1) is 9.01. The summed E-state index contributed by atoms with van der Waals surface area (Å²) in [6.07, 6.45) is 4.93. The smallest absolute Gasteiger partial charge is 0.0580 e. The highest BCUT2D eigenvalue weighted by Gasteiger charge is 2.21. The normalized spacial score (nSPS) is 34.1. The molecular weight excluding hydrogens is 140 g/mol. The van der Waals surface area contributed by atoms with Crippen LogP contribution >= 0.6 is 0 Å². The molecule has 0 aromatic rings. The molecule has 11 heavy (non-hydrogen) atoms. The van der Waals surface area contributed by atoms with E-state index in [0.29, 0.717) is 12.2 Å². The van der Waals surface area contributed by atoms with E-state index < -0.39 is 0 Å². The summed E-state index contributed by atoms with van der Waals surface area (Å²) in [5, 5.41) is 9.02. The zero-order chi connectivity index (χ0) is 8.27. The van der Waals surface area contributed by atoms with Crippen LogP contribution in [0.4, 0.5) is 0 Å². The maximum atomic E-state index is 9.02. The minimum Gasteiger partial charge on any atom is -0.393 e. The van der Waals surface area contributed by atoms with E-state index in [1.807, 2.05) is 6.92 Å². The Labute approximate surface area is 68.6 Å².